The van der Waals surface area contributed by atoms with Crippen LogP contribution in [0.2, 0.25) is 10.0 Å². The maximum Gasteiger partial charge on any atom is 0.119 e. The lowest BCUT2D eigenvalue weighted by atomic mass is 10.2. The fraction of sp³-hybridized carbons (Fsp3) is 0.133. The van der Waals surface area contributed by atoms with Crippen molar-refractivity contribution >= 4 is 29.4 Å². The highest BCUT2D eigenvalue weighted by Crippen LogP contribution is 2.23. The van der Waals surface area contributed by atoms with Gasteiger partial charge in [-0.15, -0.1) is 0 Å². The molecular weight excluding hydrogens is 295 g/mol. The van der Waals surface area contributed by atoms with Crippen LogP contribution in [-0.2, 0) is 6.61 Å². The van der Waals surface area contributed by atoms with Crippen molar-refractivity contribution in [1.82, 2.24) is 5.43 Å². The quantitative estimate of drug-likeness (QED) is 0.665. The average Bonchev–Trinajstić information content (AvgIpc) is 2.47. The minimum Gasteiger partial charge on any atom is -0.489 e. The van der Waals surface area contributed by atoms with Gasteiger partial charge in [0.15, 0.2) is 0 Å². The van der Waals surface area contributed by atoms with Crippen LogP contribution in [0.15, 0.2) is 47.6 Å². The molecule has 2 rings (SSSR count). The number of benzene rings is 2. The Bertz CT molecular complexity index is 597. The summed E-state index contributed by atoms with van der Waals surface area (Å²) < 4.78 is 5.68. The minimum absolute atomic E-state index is 0.445. The molecule has 0 aromatic heterocycles. The molecule has 0 spiro atoms. The van der Waals surface area contributed by atoms with Gasteiger partial charge < -0.3 is 10.2 Å². The highest BCUT2D eigenvalue weighted by molar-refractivity contribution is 6.42. The SMILES string of the molecule is CN/N=C/c1ccc(OCc2ccc(Cl)c(Cl)c2)cc1. The molecule has 0 atom stereocenters. The van der Waals surface area contributed by atoms with Gasteiger partial charge >= 0.3 is 0 Å². The number of hydrazone groups is 1. The van der Waals surface area contributed by atoms with Crippen molar-refractivity contribution in [2.24, 2.45) is 5.10 Å². The average molecular weight is 309 g/mol. The molecular formula is C15H14Cl2N2O. The first-order chi connectivity index (χ1) is 9.69. The number of nitrogens with one attached hydrogen (secondary N) is 1. The predicted octanol–water partition coefficient (Wildman–Crippen LogP) is 4.13. The number of rotatable bonds is 5. The molecule has 0 bridgehead atoms. The fourth-order valence-electron chi connectivity index (χ4n) is 1.59. The molecule has 1 N–H and O–H groups in total. The molecule has 0 aliphatic carbocycles. The molecule has 104 valence electrons. The molecule has 2 aromatic carbocycles. The van der Waals surface area contributed by atoms with Gasteiger partial charge in [-0.05, 0) is 47.5 Å². The van der Waals surface area contributed by atoms with Gasteiger partial charge in [0.25, 0.3) is 0 Å². The summed E-state index contributed by atoms with van der Waals surface area (Å²) >= 11 is 11.8. The summed E-state index contributed by atoms with van der Waals surface area (Å²) in [5.74, 6) is 0.790. The third-order valence-electron chi connectivity index (χ3n) is 2.61. The normalized spacial score (nSPS) is 10.8. The van der Waals surface area contributed by atoms with Crippen LogP contribution in [0.3, 0.4) is 0 Å². The lowest BCUT2D eigenvalue weighted by Gasteiger charge is -2.07. The maximum atomic E-state index is 5.96. The molecule has 3 nitrogen and oxygen atoms in total. The van der Waals surface area contributed by atoms with Crippen LogP contribution < -0.4 is 10.2 Å². The second-order valence-electron chi connectivity index (χ2n) is 4.09. The summed E-state index contributed by atoms with van der Waals surface area (Å²) in [5, 5.41) is 5.02. The minimum atomic E-state index is 0.445. The Morgan fingerprint density at radius 3 is 2.50 bits per heavy atom. The summed E-state index contributed by atoms with van der Waals surface area (Å²) in [5.41, 5.74) is 4.68. The summed E-state index contributed by atoms with van der Waals surface area (Å²) in [6, 6.07) is 13.1. The van der Waals surface area contributed by atoms with E-state index in [2.05, 4.69) is 10.5 Å². The van der Waals surface area contributed by atoms with Gasteiger partial charge in [0.05, 0.1) is 16.3 Å². The van der Waals surface area contributed by atoms with Crippen LogP contribution in [0.5, 0.6) is 5.75 Å². The lowest BCUT2D eigenvalue weighted by Crippen LogP contribution is -1.96. The van der Waals surface area contributed by atoms with Gasteiger partial charge in [0, 0.05) is 7.05 Å². The molecule has 0 saturated heterocycles. The Kier molecular flexibility index (Phi) is 5.27. The molecule has 0 unspecified atom stereocenters. The molecule has 0 amide bonds. The van der Waals surface area contributed by atoms with E-state index >= 15 is 0 Å². The van der Waals surface area contributed by atoms with Crippen LogP contribution in [0, 0.1) is 0 Å². The summed E-state index contributed by atoms with van der Waals surface area (Å²) in [7, 11) is 1.76. The van der Waals surface area contributed by atoms with Gasteiger partial charge in [-0.1, -0.05) is 29.3 Å². The number of nitrogens with zero attached hydrogens (tertiary/aromatic N) is 1. The number of hydrogen-bond donors (Lipinski definition) is 1. The Balaban J connectivity index is 1.96. The third kappa shape index (κ3) is 4.15. The molecule has 5 heteroatoms. The predicted molar refractivity (Wildman–Crippen MR) is 83.9 cm³/mol. The van der Waals surface area contributed by atoms with Crippen LogP contribution >= 0.6 is 23.2 Å². The van der Waals surface area contributed by atoms with Crippen LogP contribution in [0.4, 0.5) is 0 Å². The van der Waals surface area contributed by atoms with E-state index in [0.29, 0.717) is 16.7 Å². The number of halogens is 2. The Labute approximate surface area is 128 Å². The van der Waals surface area contributed by atoms with Crippen LogP contribution in [0.1, 0.15) is 11.1 Å². The van der Waals surface area contributed by atoms with Gasteiger partial charge in [-0.3, -0.25) is 0 Å². The molecule has 0 saturated carbocycles. The van der Waals surface area contributed by atoms with Crippen molar-refractivity contribution in [3.63, 3.8) is 0 Å². The zero-order valence-electron chi connectivity index (χ0n) is 10.9. The lowest BCUT2D eigenvalue weighted by molar-refractivity contribution is 0.306. The fourth-order valence-corrected chi connectivity index (χ4v) is 1.91. The van der Waals surface area contributed by atoms with Gasteiger partial charge in [-0.2, -0.15) is 5.10 Å². The van der Waals surface area contributed by atoms with E-state index < -0.39 is 0 Å². The van der Waals surface area contributed by atoms with Crippen molar-refractivity contribution < 1.29 is 4.74 Å². The van der Waals surface area contributed by atoms with Gasteiger partial charge in [-0.25, -0.2) is 0 Å². The maximum absolute atomic E-state index is 5.96. The van der Waals surface area contributed by atoms with Gasteiger partial charge in [0.1, 0.15) is 12.4 Å². The second kappa shape index (κ2) is 7.17. The van der Waals surface area contributed by atoms with Crippen molar-refractivity contribution in [1.29, 1.82) is 0 Å². The Morgan fingerprint density at radius 1 is 1.10 bits per heavy atom. The first-order valence-electron chi connectivity index (χ1n) is 6.05. The second-order valence-corrected chi connectivity index (χ2v) is 4.90. The molecule has 0 radical (unpaired) electrons. The van der Waals surface area contributed by atoms with Crippen LogP contribution in [0.25, 0.3) is 0 Å². The monoisotopic (exact) mass is 308 g/mol. The van der Waals surface area contributed by atoms with E-state index in [9.17, 15) is 0 Å². The highest BCUT2D eigenvalue weighted by atomic mass is 35.5. The zero-order chi connectivity index (χ0) is 14.4. The van der Waals surface area contributed by atoms with Crippen LogP contribution in [-0.4, -0.2) is 13.3 Å². The van der Waals surface area contributed by atoms with Crippen molar-refractivity contribution in [2.75, 3.05) is 7.05 Å². The summed E-state index contributed by atoms with van der Waals surface area (Å²) in [4.78, 5) is 0. The summed E-state index contributed by atoms with van der Waals surface area (Å²) in [6.07, 6.45) is 1.74. The Hall–Kier alpha value is -1.71. The van der Waals surface area contributed by atoms with E-state index in [0.717, 1.165) is 16.9 Å². The largest absolute Gasteiger partial charge is 0.489 e. The van der Waals surface area contributed by atoms with Gasteiger partial charge in [0.2, 0.25) is 0 Å². The first kappa shape index (κ1) is 14.7. The van der Waals surface area contributed by atoms with E-state index in [4.69, 9.17) is 27.9 Å². The molecule has 0 aliphatic heterocycles. The highest BCUT2D eigenvalue weighted by Gasteiger charge is 2.01. The van der Waals surface area contributed by atoms with E-state index in [1.807, 2.05) is 30.3 Å². The van der Waals surface area contributed by atoms with E-state index in [1.165, 1.54) is 0 Å². The topological polar surface area (TPSA) is 33.6 Å². The van der Waals surface area contributed by atoms with E-state index in [-0.39, 0.29) is 0 Å². The standard InChI is InChI=1S/C15H14Cl2N2O/c1-18-19-9-11-2-5-13(6-3-11)20-10-12-4-7-14(16)15(17)8-12/h2-9,18H,10H2,1H3/b19-9+. The first-order valence-corrected chi connectivity index (χ1v) is 6.81. The third-order valence-corrected chi connectivity index (χ3v) is 3.35. The number of ether oxygens (including phenoxy) is 1. The smallest absolute Gasteiger partial charge is 0.119 e. The molecule has 20 heavy (non-hydrogen) atoms. The van der Waals surface area contributed by atoms with Crippen molar-refractivity contribution in [3.8, 4) is 5.75 Å². The molecule has 0 fully saturated rings. The molecule has 2 aromatic rings. The number of hydrogen-bond acceptors (Lipinski definition) is 3. The van der Waals surface area contributed by atoms with Crippen molar-refractivity contribution in [2.45, 2.75) is 6.61 Å². The molecule has 0 heterocycles. The molecule has 0 aliphatic rings. The summed E-state index contributed by atoms with van der Waals surface area (Å²) in [6.45, 7) is 0.445. The van der Waals surface area contributed by atoms with E-state index in [1.54, 1.807) is 25.4 Å². The Morgan fingerprint density at radius 2 is 1.85 bits per heavy atom. The van der Waals surface area contributed by atoms with Crippen molar-refractivity contribution in [3.05, 3.63) is 63.6 Å². The zero-order valence-corrected chi connectivity index (χ0v) is 12.4.